The fraction of sp³-hybridized carbons (Fsp3) is 0.407. The average Bonchev–Trinajstić information content (AvgIpc) is 3.25. The number of rotatable bonds is 6. The van der Waals surface area contributed by atoms with Gasteiger partial charge in [-0.15, -0.1) is 0 Å². The lowest BCUT2D eigenvalue weighted by atomic mass is 9.92. The van der Waals surface area contributed by atoms with Gasteiger partial charge in [0, 0.05) is 56.3 Å². The van der Waals surface area contributed by atoms with Crippen LogP contribution in [0.1, 0.15) is 49.7 Å². The average molecular weight is 507 g/mol. The number of carbonyl (C=O) groups is 2. The van der Waals surface area contributed by atoms with E-state index in [1.54, 1.807) is 47.1 Å². The summed E-state index contributed by atoms with van der Waals surface area (Å²) in [5.41, 5.74) is 1.91. The zero-order valence-electron chi connectivity index (χ0n) is 21.9. The van der Waals surface area contributed by atoms with Crippen molar-refractivity contribution < 1.29 is 19.1 Å². The molecule has 1 fully saturated rings. The first-order valence-corrected chi connectivity index (χ1v) is 12.3. The van der Waals surface area contributed by atoms with Crippen LogP contribution in [0.25, 0.3) is 0 Å². The quantitative estimate of drug-likeness (QED) is 0.511. The van der Waals surface area contributed by atoms with E-state index in [1.807, 2.05) is 18.2 Å². The van der Waals surface area contributed by atoms with E-state index in [4.69, 9.17) is 9.47 Å². The fourth-order valence-electron chi connectivity index (χ4n) is 4.10. The van der Waals surface area contributed by atoms with Crippen molar-refractivity contribution in [1.29, 1.82) is 0 Å². The van der Waals surface area contributed by atoms with Crippen LogP contribution in [-0.4, -0.2) is 57.9 Å². The molecule has 0 atom stereocenters. The number of aromatic nitrogens is 3. The molecule has 37 heavy (non-hydrogen) atoms. The van der Waals surface area contributed by atoms with Crippen LogP contribution >= 0.6 is 0 Å². The number of ether oxygens (including phenoxy) is 2. The van der Waals surface area contributed by atoms with Crippen LogP contribution in [0.4, 0.5) is 16.3 Å². The summed E-state index contributed by atoms with van der Waals surface area (Å²) in [5.74, 6) is 1.58. The Kier molecular flexibility index (Phi) is 7.66. The van der Waals surface area contributed by atoms with E-state index in [1.165, 1.54) is 7.11 Å². The van der Waals surface area contributed by atoms with E-state index in [0.717, 1.165) is 18.5 Å². The summed E-state index contributed by atoms with van der Waals surface area (Å²) in [6.45, 7) is 7.40. The van der Waals surface area contributed by atoms with Crippen molar-refractivity contribution in [1.82, 2.24) is 19.7 Å². The van der Waals surface area contributed by atoms with Crippen molar-refractivity contribution in [3.63, 3.8) is 0 Å². The number of likely N-dealkylation sites (tertiary alicyclic amines) is 1. The second-order valence-electron chi connectivity index (χ2n) is 10.1. The number of hydrogen-bond donors (Lipinski definition) is 2. The van der Waals surface area contributed by atoms with Crippen LogP contribution in [0, 0.1) is 0 Å². The zero-order chi connectivity index (χ0) is 26.6. The molecule has 10 nitrogen and oxygen atoms in total. The molecule has 2 N–H and O–H groups in total. The van der Waals surface area contributed by atoms with Crippen LogP contribution in [0.3, 0.4) is 0 Å². The van der Waals surface area contributed by atoms with Crippen molar-refractivity contribution in [3.05, 3.63) is 59.9 Å². The van der Waals surface area contributed by atoms with E-state index in [9.17, 15) is 9.59 Å². The maximum Gasteiger partial charge on any atom is 0.324 e. The Morgan fingerprint density at radius 1 is 1.05 bits per heavy atom. The number of carbonyl (C=O) groups excluding carboxylic acids is 2. The number of aryl methyl sites for hydroxylation is 1. The summed E-state index contributed by atoms with van der Waals surface area (Å²) < 4.78 is 13.0. The number of pyridine rings is 1. The summed E-state index contributed by atoms with van der Waals surface area (Å²) >= 11 is 0. The topological polar surface area (TPSA) is 111 Å². The predicted octanol–water partition coefficient (Wildman–Crippen LogP) is 4.45. The summed E-state index contributed by atoms with van der Waals surface area (Å²) in [5, 5.41) is 10.1. The van der Waals surface area contributed by atoms with Gasteiger partial charge in [-0.2, -0.15) is 5.10 Å². The molecule has 1 saturated heterocycles. The molecule has 0 radical (unpaired) electrons. The van der Waals surface area contributed by atoms with Crippen LogP contribution in [-0.2, 0) is 12.5 Å². The van der Waals surface area contributed by atoms with Crippen LogP contribution in [0.5, 0.6) is 11.6 Å². The number of nitrogens with one attached hydrogen (secondary N) is 2. The van der Waals surface area contributed by atoms with E-state index >= 15 is 0 Å². The molecular weight excluding hydrogens is 472 g/mol. The molecule has 0 bridgehead atoms. The Hall–Kier alpha value is -4.08. The van der Waals surface area contributed by atoms with Gasteiger partial charge in [0.2, 0.25) is 5.88 Å². The smallest absolute Gasteiger partial charge is 0.324 e. The molecule has 1 aliphatic rings. The number of benzene rings is 1. The van der Waals surface area contributed by atoms with Crippen molar-refractivity contribution >= 4 is 23.4 Å². The molecule has 1 aliphatic heterocycles. The highest BCUT2D eigenvalue weighted by Crippen LogP contribution is 2.25. The molecule has 3 amide bonds. The highest BCUT2D eigenvalue weighted by atomic mass is 16.5. The number of piperidine rings is 1. The third kappa shape index (κ3) is 6.38. The SMILES string of the molecule is COc1ncccc1C(=O)N1CCC(Oc2ccc(NC(=O)Nc3cc(C(C)(C)C)nn3C)cc2)CC1. The standard InChI is InChI=1S/C27H34N6O4/c1-27(2,3)22-17-23(32(4)31-22)30-26(35)29-18-8-10-19(11-9-18)37-20-12-15-33(16-13-20)25(34)21-7-6-14-28-24(21)36-5/h6-11,14,17,20H,12-13,15-16H2,1-5H3,(H2,29,30,35). The van der Waals surface area contributed by atoms with Gasteiger partial charge in [-0.05, 0) is 36.4 Å². The molecule has 0 spiro atoms. The summed E-state index contributed by atoms with van der Waals surface area (Å²) in [6.07, 6.45) is 3.05. The van der Waals surface area contributed by atoms with Gasteiger partial charge in [-0.25, -0.2) is 9.78 Å². The Bertz CT molecular complexity index is 1240. The van der Waals surface area contributed by atoms with Gasteiger partial charge in [0.25, 0.3) is 5.91 Å². The van der Waals surface area contributed by atoms with E-state index in [-0.39, 0.29) is 23.5 Å². The molecular formula is C27H34N6O4. The van der Waals surface area contributed by atoms with Crippen LogP contribution < -0.4 is 20.1 Å². The fourth-order valence-corrected chi connectivity index (χ4v) is 4.10. The monoisotopic (exact) mass is 506 g/mol. The lowest BCUT2D eigenvalue weighted by molar-refractivity contribution is 0.0592. The molecule has 1 aromatic carbocycles. The van der Waals surface area contributed by atoms with Gasteiger partial charge in [0.1, 0.15) is 23.2 Å². The molecule has 0 aliphatic carbocycles. The van der Waals surface area contributed by atoms with E-state index in [2.05, 4.69) is 41.5 Å². The maximum absolute atomic E-state index is 12.9. The molecule has 4 rings (SSSR count). The van der Waals surface area contributed by atoms with Gasteiger partial charge >= 0.3 is 6.03 Å². The third-order valence-corrected chi connectivity index (χ3v) is 6.23. The summed E-state index contributed by atoms with van der Waals surface area (Å²) in [4.78, 5) is 31.3. The van der Waals surface area contributed by atoms with E-state index in [0.29, 0.717) is 41.8 Å². The van der Waals surface area contributed by atoms with Gasteiger partial charge in [0.15, 0.2) is 0 Å². The van der Waals surface area contributed by atoms with Crippen LogP contribution in [0.15, 0.2) is 48.7 Å². The molecule has 2 aromatic heterocycles. The Labute approximate surface area is 217 Å². The highest BCUT2D eigenvalue weighted by molar-refractivity contribution is 5.99. The number of hydrogen-bond acceptors (Lipinski definition) is 6. The first-order chi connectivity index (χ1) is 17.6. The summed E-state index contributed by atoms with van der Waals surface area (Å²) in [6, 6.07) is 12.2. The van der Waals surface area contributed by atoms with E-state index < -0.39 is 0 Å². The second kappa shape index (κ2) is 10.9. The van der Waals surface area contributed by atoms with Crippen molar-refractivity contribution in [2.24, 2.45) is 7.05 Å². The highest BCUT2D eigenvalue weighted by Gasteiger charge is 2.27. The van der Waals surface area contributed by atoms with Crippen molar-refractivity contribution in [3.8, 4) is 11.6 Å². The molecule has 3 aromatic rings. The van der Waals surface area contributed by atoms with Gasteiger partial charge < -0.3 is 19.7 Å². The van der Waals surface area contributed by atoms with Gasteiger partial charge in [-0.3, -0.25) is 14.8 Å². The number of nitrogens with zero attached hydrogens (tertiary/aromatic N) is 4. The minimum atomic E-state index is -0.348. The maximum atomic E-state index is 12.9. The van der Waals surface area contributed by atoms with Crippen molar-refractivity contribution in [2.45, 2.75) is 45.1 Å². The van der Waals surface area contributed by atoms with Crippen LogP contribution in [0.2, 0.25) is 0 Å². The molecule has 10 heteroatoms. The number of anilines is 2. The predicted molar refractivity (Wildman–Crippen MR) is 141 cm³/mol. The lowest BCUT2D eigenvalue weighted by Gasteiger charge is -2.32. The minimum Gasteiger partial charge on any atom is -0.490 e. The Morgan fingerprint density at radius 3 is 2.38 bits per heavy atom. The lowest BCUT2D eigenvalue weighted by Crippen LogP contribution is -2.41. The largest absolute Gasteiger partial charge is 0.490 e. The first kappa shape index (κ1) is 26.0. The second-order valence-corrected chi connectivity index (χ2v) is 10.1. The molecule has 196 valence electrons. The number of amides is 3. The zero-order valence-corrected chi connectivity index (χ0v) is 21.9. The van der Waals surface area contributed by atoms with Crippen molar-refractivity contribution in [2.75, 3.05) is 30.8 Å². The number of urea groups is 1. The first-order valence-electron chi connectivity index (χ1n) is 12.3. The molecule has 0 unspecified atom stereocenters. The number of methoxy groups -OCH3 is 1. The normalized spacial score (nSPS) is 14.2. The van der Waals surface area contributed by atoms with Gasteiger partial charge in [-0.1, -0.05) is 20.8 Å². The Morgan fingerprint density at radius 2 is 1.76 bits per heavy atom. The Balaban J connectivity index is 1.26. The molecule has 3 heterocycles. The third-order valence-electron chi connectivity index (χ3n) is 6.23. The van der Waals surface area contributed by atoms with Gasteiger partial charge in [0.05, 0.1) is 12.8 Å². The minimum absolute atomic E-state index is 0.00352. The summed E-state index contributed by atoms with van der Waals surface area (Å²) in [7, 11) is 3.31. The molecule has 0 saturated carbocycles.